The van der Waals surface area contributed by atoms with Crippen LogP contribution in [0.5, 0.6) is 0 Å². The van der Waals surface area contributed by atoms with Crippen LogP contribution in [-0.2, 0) is 19.6 Å². The summed E-state index contributed by atoms with van der Waals surface area (Å²) in [7, 11) is -3.75. The fourth-order valence-corrected chi connectivity index (χ4v) is 3.77. The van der Waals surface area contributed by atoms with Gasteiger partial charge < -0.3 is 10.5 Å². The first-order chi connectivity index (χ1) is 9.46. The molecule has 0 spiro atoms. The first-order valence-corrected chi connectivity index (χ1v) is 7.81. The van der Waals surface area contributed by atoms with Crippen molar-refractivity contribution < 1.29 is 17.9 Å². The average Bonchev–Trinajstić information content (AvgIpc) is 2.89. The maximum absolute atomic E-state index is 12.5. The maximum atomic E-state index is 12.5. The number of pyridine rings is 1. The second-order valence-electron chi connectivity index (χ2n) is 4.44. The molecule has 1 saturated heterocycles. The summed E-state index contributed by atoms with van der Waals surface area (Å²) in [4.78, 5) is 15.6. The van der Waals surface area contributed by atoms with E-state index in [1.807, 2.05) is 0 Å². The van der Waals surface area contributed by atoms with E-state index < -0.39 is 22.0 Å². The number of esters is 1. The molecule has 0 bridgehead atoms. The van der Waals surface area contributed by atoms with Crippen LogP contribution in [-0.4, -0.2) is 42.9 Å². The minimum atomic E-state index is -3.75. The smallest absolute Gasteiger partial charge is 0.324 e. The van der Waals surface area contributed by atoms with Crippen molar-refractivity contribution in [2.24, 2.45) is 0 Å². The third-order valence-electron chi connectivity index (χ3n) is 3.13. The molecule has 1 aromatic heterocycles. The Morgan fingerprint density at radius 1 is 1.55 bits per heavy atom. The third-order valence-corrected chi connectivity index (χ3v) is 5.02. The van der Waals surface area contributed by atoms with Crippen LogP contribution < -0.4 is 5.73 Å². The quantitative estimate of drug-likeness (QED) is 0.806. The average molecular weight is 299 g/mol. The summed E-state index contributed by atoms with van der Waals surface area (Å²) in [6, 6.07) is 2.05. The van der Waals surface area contributed by atoms with Crippen LogP contribution in [0.1, 0.15) is 19.8 Å². The molecule has 0 radical (unpaired) electrons. The van der Waals surface area contributed by atoms with Gasteiger partial charge in [-0.3, -0.25) is 4.79 Å². The fraction of sp³-hybridized carbons (Fsp3) is 0.500. The molecule has 0 amide bonds. The lowest BCUT2D eigenvalue weighted by Crippen LogP contribution is -2.41. The van der Waals surface area contributed by atoms with Crippen LogP contribution in [0.4, 0.5) is 5.82 Å². The predicted octanol–water partition coefficient (Wildman–Crippen LogP) is 0.380. The molecule has 7 nitrogen and oxygen atoms in total. The number of hydrogen-bond acceptors (Lipinski definition) is 6. The van der Waals surface area contributed by atoms with Gasteiger partial charge in [0.05, 0.1) is 6.61 Å². The molecule has 0 saturated carbocycles. The molecule has 1 aliphatic heterocycles. The Bertz CT molecular complexity index is 585. The van der Waals surface area contributed by atoms with Crippen LogP contribution in [0.2, 0.25) is 0 Å². The van der Waals surface area contributed by atoms with E-state index in [2.05, 4.69) is 4.98 Å². The normalized spacial score (nSPS) is 19.9. The minimum absolute atomic E-state index is 0.0305. The minimum Gasteiger partial charge on any atom is -0.465 e. The van der Waals surface area contributed by atoms with Gasteiger partial charge in [-0.1, -0.05) is 0 Å². The van der Waals surface area contributed by atoms with Crippen molar-refractivity contribution in [3.8, 4) is 0 Å². The summed E-state index contributed by atoms with van der Waals surface area (Å²) >= 11 is 0. The molecule has 110 valence electrons. The summed E-state index contributed by atoms with van der Waals surface area (Å²) < 4.78 is 31.1. The fourth-order valence-electron chi connectivity index (χ4n) is 2.18. The number of nitrogens with zero attached hydrogens (tertiary/aromatic N) is 2. The first kappa shape index (κ1) is 14.7. The standard InChI is InChI=1S/C12H17N3O4S/c1-2-19-12(16)10-4-3-7-15(10)20(17,18)9-5-6-11(13)14-8-9/h5-6,8,10H,2-4,7H2,1H3,(H2,13,14). The molecule has 2 rings (SSSR count). The van der Waals surface area contributed by atoms with Crippen LogP contribution in [0.25, 0.3) is 0 Å². The van der Waals surface area contributed by atoms with Crippen molar-refractivity contribution in [3.63, 3.8) is 0 Å². The first-order valence-electron chi connectivity index (χ1n) is 6.37. The number of nitrogen functional groups attached to an aromatic ring is 1. The Morgan fingerprint density at radius 3 is 2.90 bits per heavy atom. The van der Waals surface area contributed by atoms with E-state index in [0.717, 1.165) is 0 Å². The molecular formula is C12H17N3O4S. The van der Waals surface area contributed by atoms with Gasteiger partial charge in [-0.25, -0.2) is 13.4 Å². The highest BCUT2D eigenvalue weighted by atomic mass is 32.2. The Hall–Kier alpha value is -1.67. The second kappa shape index (κ2) is 5.76. The van der Waals surface area contributed by atoms with E-state index >= 15 is 0 Å². The van der Waals surface area contributed by atoms with Gasteiger partial charge in [0.15, 0.2) is 0 Å². The van der Waals surface area contributed by atoms with Gasteiger partial charge in [0.2, 0.25) is 10.0 Å². The van der Waals surface area contributed by atoms with Gasteiger partial charge >= 0.3 is 5.97 Å². The number of aromatic nitrogens is 1. The van der Waals surface area contributed by atoms with E-state index in [4.69, 9.17) is 10.5 Å². The highest BCUT2D eigenvalue weighted by Gasteiger charge is 2.40. The van der Waals surface area contributed by atoms with Crippen LogP contribution in [0, 0.1) is 0 Å². The monoisotopic (exact) mass is 299 g/mol. The Labute approximate surface area is 117 Å². The molecule has 1 unspecified atom stereocenters. The maximum Gasteiger partial charge on any atom is 0.324 e. The Balaban J connectivity index is 2.28. The summed E-state index contributed by atoms with van der Waals surface area (Å²) in [5, 5.41) is 0. The molecule has 20 heavy (non-hydrogen) atoms. The van der Waals surface area contributed by atoms with E-state index in [1.165, 1.54) is 22.6 Å². The summed E-state index contributed by atoms with van der Waals surface area (Å²) in [6.45, 7) is 2.22. The number of anilines is 1. The van der Waals surface area contributed by atoms with Crippen molar-refractivity contribution in [2.75, 3.05) is 18.9 Å². The van der Waals surface area contributed by atoms with E-state index in [1.54, 1.807) is 6.92 Å². The lowest BCUT2D eigenvalue weighted by atomic mass is 10.2. The molecule has 2 N–H and O–H groups in total. The largest absolute Gasteiger partial charge is 0.465 e. The summed E-state index contributed by atoms with van der Waals surface area (Å²) in [5.41, 5.74) is 5.44. The number of carbonyl (C=O) groups is 1. The lowest BCUT2D eigenvalue weighted by molar-refractivity contribution is -0.146. The topological polar surface area (TPSA) is 103 Å². The second-order valence-corrected chi connectivity index (χ2v) is 6.34. The Kier molecular flexibility index (Phi) is 4.24. The van der Waals surface area contributed by atoms with Gasteiger partial charge in [0.1, 0.15) is 16.8 Å². The van der Waals surface area contributed by atoms with E-state index in [-0.39, 0.29) is 17.3 Å². The molecule has 0 aromatic carbocycles. The van der Waals surface area contributed by atoms with Gasteiger partial charge in [-0.05, 0) is 31.9 Å². The molecule has 1 aromatic rings. The SMILES string of the molecule is CCOC(=O)C1CCCN1S(=O)(=O)c1ccc(N)nc1. The van der Waals surface area contributed by atoms with E-state index in [9.17, 15) is 13.2 Å². The van der Waals surface area contributed by atoms with Crippen molar-refractivity contribution in [1.82, 2.24) is 9.29 Å². The van der Waals surface area contributed by atoms with Crippen molar-refractivity contribution in [3.05, 3.63) is 18.3 Å². The van der Waals surface area contributed by atoms with Crippen LogP contribution in [0.3, 0.4) is 0 Å². The zero-order chi connectivity index (χ0) is 14.8. The van der Waals surface area contributed by atoms with Crippen molar-refractivity contribution >= 4 is 21.8 Å². The van der Waals surface area contributed by atoms with Gasteiger partial charge in [0, 0.05) is 12.7 Å². The number of carbonyl (C=O) groups excluding carboxylic acids is 1. The van der Waals surface area contributed by atoms with Crippen LogP contribution in [0.15, 0.2) is 23.2 Å². The highest BCUT2D eigenvalue weighted by molar-refractivity contribution is 7.89. The molecule has 1 aliphatic rings. The summed E-state index contributed by atoms with van der Waals surface area (Å²) in [5.74, 6) is -0.260. The molecule has 8 heteroatoms. The number of hydrogen-bond donors (Lipinski definition) is 1. The molecule has 2 heterocycles. The zero-order valence-corrected chi connectivity index (χ0v) is 12.0. The van der Waals surface area contributed by atoms with Gasteiger partial charge in [-0.2, -0.15) is 4.31 Å². The summed E-state index contributed by atoms with van der Waals surface area (Å²) in [6.07, 6.45) is 2.30. The van der Waals surface area contributed by atoms with Crippen molar-refractivity contribution in [1.29, 1.82) is 0 Å². The molecular weight excluding hydrogens is 282 g/mol. The zero-order valence-electron chi connectivity index (χ0n) is 11.2. The number of sulfonamides is 1. The van der Waals surface area contributed by atoms with Gasteiger partial charge in [-0.15, -0.1) is 0 Å². The molecule has 0 aliphatic carbocycles. The number of ether oxygens (including phenoxy) is 1. The lowest BCUT2D eigenvalue weighted by Gasteiger charge is -2.22. The van der Waals surface area contributed by atoms with Crippen molar-refractivity contribution in [2.45, 2.75) is 30.7 Å². The number of nitrogens with two attached hydrogens (primary N) is 1. The molecule has 1 atom stereocenters. The molecule has 1 fully saturated rings. The predicted molar refractivity (Wildman–Crippen MR) is 72.2 cm³/mol. The Morgan fingerprint density at radius 2 is 2.30 bits per heavy atom. The van der Waals surface area contributed by atoms with Gasteiger partial charge in [0.25, 0.3) is 0 Å². The third kappa shape index (κ3) is 2.75. The van der Waals surface area contributed by atoms with E-state index in [0.29, 0.717) is 19.4 Å². The highest BCUT2D eigenvalue weighted by Crippen LogP contribution is 2.26. The number of rotatable bonds is 4. The van der Waals surface area contributed by atoms with Crippen LogP contribution >= 0.6 is 0 Å².